The van der Waals surface area contributed by atoms with Crippen LogP contribution in [0.15, 0.2) is 48.5 Å². The monoisotopic (exact) mass is 379 g/mol. The molecule has 0 aliphatic carbocycles. The quantitative estimate of drug-likeness (QED) is 0.879. The molecule has 1 fully saturated rings. The molecule has 2 aromatic rings. The fraction of sp³-hybridized carbons (Fsp3) is 0.286. The zero-order valence-corrected chi connectivity index (χ0v) is 15.6. The number of methoxy groups -OCH3 is 1. The Kier molecular flexibility index (Phi) is 4.83. The second-order valence-corrected chi connectivity index (χ2v) is 6.90. The van der Waals surface area contributed by atoms with Crippen LogP contribution in [0.4, 0.5) is 5.69 Å². The zero-order chi connectivity index (χ0) is 19.7. The van der Waals surface area contributed by atoms with E-state index < -0.39 is 6.04 Å². The molecule has 1 N–H and O–H groups in total. The van der Waals surface area contributed by atoms with E-state index in [0.29, 0.717) is 24.3 Å². The van der Waals surface area contributed by atoms with Crippen molar-refractivity contribution in [1.29, 1.82) is 0 Å². The highest BCUT2D eigenvalue weighted by Gasteiger charge is 2.40. The molecule has 1 unspecified atom stereocenters. The first-order chi connectivity index (χ1) is 13.6. The lowest BCUT2D eigenvalue weighted by Crippen LogP contribution is -2.59. The van der Waals surface area contributed by atoms with Crippen molar-refractivity contribution in [1.82, 2.24) is 9.80 Å². The molecular formula is C21H21N3O4. The van der Waals surface area contributed by atoms with E-state index in [9.17, 15) is 14.4 Å². The molecule has 0 bridgehead atoms. The van der Waals surface area contributed by atoms with Gasteiger partial charge in [0.25, 0.3) is 5.91 Å². The molecule has 1 atom stereocenters. The third-order valence-electron chi connectivity index (χ3n) is 5.18. The van der Waals surface area contributed by atoms with Gasteiger partial charge >= 0.3 is 0 Å². The molecule has 0 spiro atoms. The van der Waals surface area contributed by atoms with Gasteiger partial charge in [-0.2, -0.15) is 0 Å². The summed E-state index contributed by atoms with van der Waals surface area (Å²) in [5.74, 6) is -0.667. The Hall–Kier alpha value is -3.19. The van der Waals surface area contributed by atoms with Crippen LogP contribution in [0.3, 0.4) is 0 Å². The number of nitrogens with one attached hydrogen (secondary N) is 1. The van der Waals surface area contributed by atoms with Gasteiger partial charge in [0.05, 0.1) is 17.8 Å². The Bertz CT molecular complexity index is 929. The van der Waals surface area contributed by atoms with Crippen LogP contribution >= 0.6 is 0 Å². The highest BCUT2D eigenvalue weighted by molar-refractivity contribution is 6.10. The number of ether oxygens (including phenoxy) is 1. The Morgan fingerprint density at radius 1 is 1.11 bits per heavy atom. The Morgan fingerprint density at radius 2 is 1.89 bits per heavy atom. The second kappa shape index (κ2) is 7.44. The van der Waals surface area contributed by atoms with Crippen molar-refractivity contribution < 1.29 is 19.1 Å². The van der Waals surface area contributed by atoms with Crippen LogP contribution in [0.25, 0.3) is 11.1 Å². The van der Waals surface area contributed by atoms with E-state index in [4.69, 9.17) is 4.74 Å². The van der Waals surface area contributed by atoms with Gasteiger partial charge in [-0.05, 0) is 23.3 Å². The smallest absolute Gasteiger partial charge is 0.256 e. The number of hydrogen-bond acceptors (Lipinski definition) is 4. The van der Waals surface area contributed by atoms with Crippen molar-refractivity contribution >= 4 is 23.4 Å². The predicted octanol–water partition coefficient (Wildman–Crippen LogP) is 1.61. The molecule has 4 rings (SSSR count). The topological polar surface area (TPSA) is 79.0 Å². The molecule has 144 valence electrons. The van der Waals surface area contributed by atoms with Gasteiger partial charge in [-0.15, -0.1) is 0 Å². The molecular weight excluding hydrogens is 358 g/mol. The molecule has 2 aliphatic heterocycles. The van der Waals surface area contributed by atoms with Crippen molar-refractivity contribution in [2.24, 2.45) is 0 Å². The number of hydrogen-bond donors (Lipinski definition) is 1. The lowest BCUT2D eigenvalue weighted by molar-refractivity contribution is -0.139. The largest absolute Gasteiger partial charge is 0.375 e. The first-order valence-corrected chi connectivity index (χ1v) is 9.16. The van der Waals surface area contributed by atoms with Crippen LogP contribution in [-0.2, 0) is 14.3 Å². The van der Waals surface area contributed by atoms with Crippen LogP contribution in [-0.4, -0.2) is 66.9 Å². The molecule has 2 aromatic carbocycles. The van der Waals surface area contributed by atoms with Gasteiger partial charge in [0.1, 0.15) is 12.6 Å². The number of benzene rings is 2. The molecule has 2 heterocycles. The van der Waals surface area contributed by atoms with Gasteiger partial charge in [-0.25, -0.2) is 0 Å². The average molecular weight is 379 g/mol. The normalized spacial score (nSPS) is 18.8. The molecule has 1 saturated heterocycles. The standard InChI is InChI=1S/C21H21N3O4/c1-28-13-19(25)23-9-10-24-18(12-23)20(26)22-17-8-7-15(11-16(17)21(24)27)14-5-3-2-4-6-14/h2-8,11,18H,9-10,12-13H2,1H3,(H,22,26). The fourth-order valence-electron chi connectivity index (χ4n) is 3.70. The van der Waals surface area contributed by atoms with Crippen LogP contribution in [0.2, 0.25) is 0 Å². The summed E-state index contributed by atoms with van der Waals surface area (Å²) in [6, 6.07) is 14.5. The molecule has 0 aromatic heterocycles. The number of carbonyl (C=O) groups excluding carboxylic acids is 3. The lowest BCUT2D eigenvalue weighted by atomic mass is 10.0. The van der Waals surface area contributed by atoms with Gasteiger partial charge in [0.15, 0.2) is 0 Å². The third kappa shape index (κ3) is 3.25. The van der Waals surface area contributed by atoms with Crippen LogP contribution < -0.4 is 5.32 Å². The summed E-state index contributed by atoms with van der Waals surface area (Å²) in [6.45, 7) is 0.815. The van der Waals surface area contributed by atoms with E-state index >= 15 is 0 Å². The van der Waals surface area contributed by atoms with Crippen molar-refractivity contribution in [3.8, 4) is 11.1 Å². The summed E-state index contributed by atoms with van der Waals surface area (Å²) in [6.07, 6.45) is 0. The molecule has 7 heteroatoms. The Balaban J connectivity index is 1.65. The van der Waals surface area contributed by atoms with E-state index in [1.165, 1.54) is 7.11 Å². The Morgan fingerprint density at radius 3 is 2.64 bits per heavy atom. The number of piperazine rings is 1. The maximum atomic E-state index is 13.2. The van der Waals surface area contributed by atoms with Gasteiger partial charge in [-0.1, -0.05) is 36.4 Å². The SMILES string of the molecule is COCC(=O)N1CCN2C(=O)c3cc(-c4ccccc4)ccc3NC(=O)C2C1. The minimum Gasteiger partial charge on any atom is -0.375 e. The minimum atomic E-state index is -0.713. The maximum Gasteiger partial charge on any atom is 0.256 e. The second-order valence-electron chi connectivity index (χ2n) is 6.90. The number of rotatable bonds is 3. The summed E-state index contributed by atoms with van der Waals surface area (Å²) < 4.78 is 4.90. The summed E-state index contributed by atoms with van der Waals surface area (Å²) in [5, 5.41) is 2.85. The van der Waals surface area contributed by atoms with Crippen molar-refractivity contribution in [3.05, 3.63) is 54.1 Å². The van der Waals surface area contributed by atoms with E-state index in [1.54, 1.807) is 15.9 Å². The average Bonchev–Trinajstić information content (AvgIpc) is 2.83. The number of nitrogens with zero attached hydrogens (tertiary/aromatic N) is 2. The van der Waals surface area contributed by atoms with E-state index in [2.05, 4.69) is 5.32 Å². The fourth-order valence-corrected chi connectivity index (χ4v) is 3.70. The van der Waals surface area contributed by atoms with Gasteiger partial charge in [-0.3, -0.25) is 14.4 Å². The van der Waals surface area contributed by atoms with Crippen LogP contribution in [0.5, 0.6) is 0 Å². The first kappa shape index (κ1) is 18.2. The van der Waals surface area contributed by atoms with Crippen LogP contribution in [0.1, 0.15) is 10.4 Å². The molecule has 0 saturated carbocycles. The summed E-state index contributed by atoms with van der Waals surface area (Å²) in [4.78, 5) is 41.2. The zero-order valence-electron chi connectivity index (χ0n) is 15.6. The number of carbonyl (C=O) groups is 3. The van der Waals surface area contributed by atoms with Crippen molar-refractivity contribution in [3.63, 3.8) is 0 Å². The van der Waals surface area contributed by atoms with Gasteiger partial charge < -0.3 is 19.9 Å². The summed E-state index contributed by atoms with van der Waals surface area (Å²) in [5.41, 5.74) is 2.88. The van der Waals surface area contributed by atoms with Crippen LogP contribution in [0, 0.1) is 0 Å². The first-order valence-electron chi connectivity index (χ1n) is 9.16. The minimum absolute atomic E-state index is 0.0387. The molecule has 2 aliphatic rings. The van der Waals surface area contributed by atoms with E-state index in [1.807, 2.05) is 42.5 Å². The van der Waals surface area contributed by atoms with Crippen molar-refractivity contribution in [2.75, 3.05) is 38.7 Å². The maximum absolute atomic E-state index is 13.2. The number of fused-ring (bicyclic) bond motifs is 2. The number of amides is 3. The van der Waals surface area contributed by atoms with E-state index in [-0.39, 0.29) is 30.9 Å². The molecule has 7 nitrogen and oxygen atoms in total. The van der Waals surface area contributed by atoms with E-state index in [0.717, 1.165) is 11.1 Å². The predicted molar refractivity (Wildman–Crippen MR) is 104 cm³/mol. The highest BCUT2D eigenvalue weighted by Crippen LogP contribution is 2.30. The highest BCUT2D eigenvalue weighted by atomic mass is 16.5. The summed E-state index contributed by atoms with van der Waals surface area (Å²) in [7, 11) is 1.46. The molecule has 28 heavy (non-hydrogen) atoms. The van der Waals surface area contributed by atoms with Gasteiger partial charge in [0, 0.05) is 20.2 Å². The van der Waals surface area contributed by atoms with Crippen molar-refractivity contribution in [2.45, 2.75) is 6.04 Å². The Labute approximate surface area is 162 Å². The van der Waals surface area contributed by atoms with Gasteiger partial charge in [0.2, 0.25) is 11.8 Å². The third-order valence-corrected chi connectivity index (χ3v) is 5.18. The molecule has 0 radical (unpaired) electrons. The summed E-state index contributed by atoms with van der Waals surface area (Å²) >= 11 is 0. The number of anilines is 1. The lowest BCUT2D eigenvalue weighted by Gasteiger charge is -2.39. The molecule has 3 amide bonds.